The number of amides is 3. The van der Waals surface area contributed by atoms with Crippen LogP contribution in [0.5, 0.6) is 0 Å². The van der Waals surface area contributed by atoms with Gasteiger partial charge in [-0.25, -0.2) is 9.59 Å². The van der Waals surface area contributed by atoms with Crippen LogP contribution in [0.4, 0.5) is 4.79 Å². The van der Waals surface area contributed by atoms with E-state index in [9.17, 15) is 14.4 Å². The third-order valence-corrected chi connectivity index (χ3v) is 7.10. The summed E-state index contributed by atoms with van der Waals surface area (Å²) in [7, 11) is 1.63. The van der Waals surface area contributed by atoms with Gasteiger partial charge in [-0.15, -0.1) is 0 Å². The summed E-state index contributed by atoms with van der Waals surface area (Å²) in [6.07, 6.45) is 0. The van der Waals surface area contributed by atoms with Crippen molar-refractivity contribution in [1.29, 1.82) is 0 Å². The fourth-order valence-corrected chi connectivity index (χ4v) is 4.93. The van der Waals surface area contributed by atoms with Crippen LogP contribution in [0.15, 0.2) is 59.8 Å². The van der Waals surface area contributed by atoms with E-state index in [1.165, 1.54) is 4.90 Å². The number of urea groups is 1. The van der Waals surface area contributed by atoms with Crippen molar-refractivity contribution in [3.63, 3.8) is 0 Å². The third-order valence-electron chi connectivity index (χ3n) is 6.43. The average molecular weight is 531 g/mol. The minimum Gasteiger partial charge on any atom is -0.463 e. The summed E-state index contributed by atoms with van der Waals surface area (Å²) in [6.45, 7) is 4.41. The first kappa shape index (κ1) is 26.0. The third kappa shape index (κ3) is 5.36. The molecule has 4 rings (SSSR count). The molecule has 3 amide bonds. The number of hydrogen-bond donors (Lipinski definition) is 1. The largest absolute Gasteiger partial charge is 0.463 e. The Balaban J connectivity index is 1.58. The van der Waals surface area contributed by atoms with Crippen LogP contribution in [-0.2, 0) is 9.53 Å². The quantitative estimate of drug-likeness (QED) is 0.571. The van der Waals surface area contributed by atoms with Gasteiger partial charge in [0.2, 0.25) is 0 Å². The molecule has 8 nitrogen and oxygen atoms in total. The number of halogens is 2. The molecule has 0 spiro atoms. The number of likely N-dealkylation sites (N-methyl/N-ethyl adjacent to an activating group) is 1. The Kier molecular flexibility index (Phi) is 8.18. The Labute approximate surface area is 220 Å². The van der Waals surface area contributed by atoms with Crippen LogP contribution in [0.1, 0.15) is 28.9 Å². The van der Waals surface area contributed by atoms with E-state index >= 15 is 0 Å². The number of piperazine rings is 1. The summed E-state index contributed by atoms with van der Waals surface area (Å²) in [5, 5.41) is 3.76. The van der Waals surface area contributed by atoms with Gasteiger partial charge in [-0.05, 0) is 30.7 Å². The molecule has 0 aliphatic carbocycles. The topological polar surface area (TPSA) is 82.2 Å². The van der Waals surface area contributed by atoms with E-state index in [0.29, 0.717) is 65.2 Å². The molecule has 2 heterocycles. The molecule has 0 unspecified atom stereocenters. The van der Waals surface area contributed by atoms with Crippen LogP contribution >= 0.6 is 23.2 Å². The predicted octanol–water partition coefficient (Wildman–Crippen LogP) is 3.96. The van der Waals surface area contributed by atoms with Gasteiger partial charge in [0, 0.05) is 50.5 Å². The lowest BCUT2D eigenvalue weighted by Gasteiger charge is -2.39. The number of nitrogens with zero attached hydrogens (tertiary/aromatic N) is 3. The number of esters is 1. The van der Waals surface area contributed by atoms with E-state index in [2.05, 4.69) is 10.2 Å². The van der Waals surface area contributed by atoms with Crippen molar-refractivity contribution in [1.82, 2.24) is 20.0 Å². The maximum Gasteiger partial charge on any atom is 0.338 e. The minimum atomic E-state index is -0.737. The molecule has 1 N–H and O–H groups in total. The Hall–Kier alpha value is -3.07. The molecule has 2 aliphatic rings. The standard InChI is InChI=1S/C26H28Cl2N4O4/c1-3-36-25(34)22-21(30(2)26(35)29-23(22)17-8-4-6-10-19(17)27)16-31-12-14-32(15-13-31)24(33)18-9-5-7-11-20(18)28/h4-11,23H,3,12-16H2,1-2H3,(H,29,35)/t23-/m0/s1. The molecule has 1 atom stereocenters. The van der Waals surface area contributed by atoms with Gasteiger partial charge in [0.05, 0.1) is 28.8 Å². The Morgan fingerprint density at radius 1 is 1.00 bits per heavy atom. The monoisotopic (exact) mass is 530 g/mol. The first-order valence-electron chi connectivity index (χ1n) is 11.8. The molecule has 2 aliphatic heterocycles. The Morgan fingerprint density at radius 2 is 1.64 bits per heavy atom. The normalized spacial score (nSPS) is 18.8. The molecule has 0 bridgehead atoms. The lowest BCUT2D eigenvalue weighted by molar-refractivity contribution is -0.139. The molecule has 1 fully saturated rings. The van der Waals surface area contributed by atoms with Crippen molar-refractivity contribution >= 4 is 41.1 Å². The molecule has 10 heteroatoms. The highest BCUT2D eigenvalue weighted by atomic mass is 35.5. The van der Waals surface area contributed by atoms with E-state index in [4.69, 9.17) is 27.9 Å². The van der Waals surface area contributed by atoms with Gasteiger partial charge in [0.1, 0.15) is 0 Å². The molecule has 0 radical (unpaired) electrons. The molecular weight excluding hydrogens is 503 g/mol. The molecular formula is C26H28Cl2N4O4. The van der Waals surface area contributed by atoms with Gasteiger partial charge >= 0.3 is 12.0 Å². The zero-order valence-electron chi connectivity index (χ0n) is 20.2. The van der Waals surface area contributed by atoms with Gasteiger partial charge in [0.15, 0.2) is 0 Å². The fraction of sp³-hybridized carbons (Fsp3) is 0.346. The molecule has 2 aromatic carbocycles. The summed E-state index contributed by atoms with van der Waals surface area (Å²) in [5.41, 5.74) is 2.00. The van der Waals surface area contributed by atoms with E-state index in [1.54, 1.807) is 61.3 Å². The number of hydrogen-bond acceptors (Lipinski definition) is 5. The van der Waals surface area contributed by atoms with Gasteiger partial charge in [-0.3, -0.25) is 14.6 Å². The number of nitrogens with one attached hydrogen (secondary N) is 1. The van der Waals surface area contributed by atoms with Crippen LogP contribution in [0.25, 0.3) is 0 Å². The Bertz CT molecular complexity index is 1190. The van der Waals surface area contributed by atoms with Gasteiger partial charge < -0.3 is 15.0 Å². The van der Waals surface area contributed by atoms with Crippen LogP contribution in [-0.4, -0.2) is 79.0 Å². The van der Waals surface area contributed by atoms with E-state index in [0.717, 1.165) is 0 Å². The van der Waals surface area contributed by atoms with Crippen LogP contribution in [0, 0.1) is 0 Å². The zero-order chi connectivity index (χ0) is 25.8. The highest BCUT2D eigenvalue weighted by Gasteiger charge is 2.38. The van der Waals surface area contributed by atoms with Crippen LogP contribution < -0.4 is 5.32 Å². The maximum atomic E-state index is 13.1. The first-order chi connectivity index (χ1) is 17.3. The first-order valence-corrected chi connectivity index (χ1v) is 12.5. The molecule has 1 saturated heterocycles. The van der Waals surface area contributed by atoms with Gasteiger partial charge in [-0.2, -0.15) is 0 Å². The maximum absolute atomic E-state index is 13.1. The zero-order valence-corrected chi connectivity index (χ0v) is 21.7. The van der Waals surface area contributed by atoms with Crippen molar-refractivity contribution in [2.75, 3.05) is 46.4 Å². The summed E-state index contributed by atoms with van der Waals surface area (Å²) < 4.78 is 5.38. The number of carbonyl (C=O) groups excluding carboxylic acids is 3. The van der Waals surface area contributed by atoms with E-state index < -0.39 is 12.0 Å². The summed E-state index contributed by atoms with van der Waals surface area (Å²) >= 11 is 12.7. The summed E-state index contributed by atoms with van der Waals surface area (Å²) in [4.78, 5) is 44.3. The van der Waals surface area contributed by atoms with E-state index in [1.807, 2.05) is 6.07 Å². The molecule has 2 aromatic rings. The number of rotatable bonds is 6. The lowest BCUT2D eigenvalue weighted by atomic mass is 9.94. The van der Waals surface area contributed by atoms with Crippen molar-refractivity contribution in [2.45, 2.75) is 13.0 Å². The second-order valence-corrected chi connectivity index (χ2v) is 9.41. The number of carbonyl (C=O) groups is 3. The Morgan fingerprint density at radius 3 is 2.28 bits per heavy atom. The molecule has 36 heavy (non-hydrogen) atoms. The van der Waals surface area contributed by atoms with Crippen LogP contribution in [0.2, 0.25) is 10.0 Å². The number of benzene rings is 2. The second kappa shape index (κ2) is 11.3. The predicted molar refractivity (Wildman–Crippen MR) is 138 cm³/mol. The van der Waals surface area contributed by atoms with Crippen molar-refractivity contribution < 1.29 is 19.1 Å². The SMILES string of the molecule is CCOC(=O)C1=C(CN2CCN(C(=O)c3ccccc3Cl)CC2)N(C)C(=O)N[C@H]1c1ccccc1Cl. The molecule has 190 valence electrons. The number of ether oxygens (including phenoxy) is 1. The second-order valence-electron chi connectivity index (χ2n) is 8.59. The lowest BCUT2D eigenvalue weighted by Crippen LogP contribution is -2.53. The summed E-state index contributed by atoms with van der Waals surface area (Å²) in [5.74, 6) is -0.614. The minimum absolute atomic E-state index is 0.111. The van der Waals surface area contributed by atoms with Crippen LogP contribution in [0.3, 0.4) is 0 Å². The highest BCUT2D eigenvalue weighted by molar-refractivity contribution is 6.33. The fourth-order valence-electron chi connectivity index (χ4n) is 4.47. The van der Waals surface area contributed by atoms with Crippen molar-refractivity contribution in [2.24, 2.45) is 0 Å². The smallest absolute Gasteiger partial charge is 0.338 e. The summed E-state index contributed by atoms with van der Waals surface area (Å²) in [6, 6.07) is 13.0. The van der Waals surface area contributed by atoms with E-state index in [-0.39, 0.29) is 18.5 Å². The van der Waals surface area contributed by atoms with Gasteiger partial charge in [0.25, 0.3) is 5.91 Å². The van der Waals surface area contributed by atoms with Crippen molar-refractivity contribution in [3.05, 3.63) is 81.0 Å². The van der Waals surface area contributed by atoms with Crippen molar-refractivity contribution in [3.8, 4) is 0 Å². The highest BCUT2D eigenvalue weighted by Crippen LogP contribution is 2.34. The average Bonchev–Trinajstić information content (AvgIpc) is 2.87. The van der Waals surface area contributed by atoms with Gasteiger partial charge in [-0.1, -0.05) is 53.5 Å². The molecule has 0 aromatic heterocycles. The molecule has 0 saturated carbocycles.